The number of hydrogen-bond acceptors (Lipinski definition) is 6. The smallest absolute Gasteiger partial charge is 0.257 e. The van der Waals surface area contributed by atoms with Crippen LogP contribution >= 0.6 is 0 Å². The molecule has 1 fully saturated rings. The normalized spacial score (nSPS) is 16.2. The van der Waals surface area contributed by atoms with Crippen molar-refractivity contribution in [3.63, 3.8) is 0 Å². The third kappa shape index (κ3) is 4.54. The highest BCUT2D eigenvalue weighted by molar-refractivity contribution is 6.23. The molecule has 0 radical (unpaired) electrons. The molecule has 30 heavy (non-hydrogen) atoms. The van der Waals surface area contributed by atoms with Crippen LogP contribution in [0, 0.1) is 0 Å². The van der Waals surface area contributed by atoms with Crippen molar-refractivity contribution in [2.45, 2.75) is 19.0 Å². The van der Waals surface area contributed by atoms with E-state index in [1.807, 2.05) is 0 Å². The van der Waals surface area contributed by atoms with Gasteiger partial charge in [-0.15, -0.1) is 0 Å². The fraction of sp³-hybridized carbons (Fsp3) is 0.182. The molecule has 0 bridgehead atoms. The maximum Gasteiger partial charge on any atom is 0.257 e. The summed E-state index contributed by atoms with van der Waals surface area (Å²) in [7, 11) is 1.52. The van der Waals surface area contributed by atoms with E-state index in [4.69, 9.17) is 4.74 Å². The number of anilines is 1. The quantitative estimate of drug-likeness (QED) is 0.493. The van der Waals surface area contributed by atoms with E-state index in [1.54, 1.807) is 54.6 Å². The van der Waals surface area contributed by atoms with Crippen molar-refractivity contribution in [3.05, 3.63) is 72.3 Å². The van der Waals surface area contributed by atoms with E-state index in [0.29, 0.717) is 23.1 Å². The lowest BCUT2D eigenvalue weighted by Gasteiger charge is -2.27. The highest BCUT2D eigenvalue weighted by Crippen LogP contribution is 2.27. The van der Waals surface area contributed by atoms with Crippen molar-refractivity contribution in [1.29, 1.82) is 0 Å². The summed E-state index contributed by atoms with van der Waals surface area (Å²) in [6, 6.07) is 14.2. The second-order valence-electron chi connectivity index (χ2n) is 6.59. The predicted octanol–water partition coefficient (Wildman–Crippen LogP) is 0.662. The van der Waals surface area contributed by atoms with Crippen molar-refractivity contribution in [1.82, 2.24) is 4.90 Å². The minimum absolute atomic E-state index is 0.00648. The number of carboxylic acid groups (broad SMARTS) is 1. The summed E-state index contributed by atoms with van der Waals surface area (Å²) < 4.78 is 5.11. The first-order valence-corrected chi connectivity index (χ1v) is 9.15. The summed E-state index contributed by atoms with van der Waals surface area (Å²) in [5, 5.41) is 10.7. The number of rotatable bonds is 7. The van der Waals surface area contributed by atoms with Gasteiger partial charge in [0.15, 0.2) is 0 Å². The summed E-state index contributed by atoms with van der Waals surface area (Å²) in [5.41, 5.74) is 1.10. The summed E-state index contributed by atoms with van der Waals surface area (Å²) in [6.07, 6.45) is 1.22. The summed E-state index contributed by atoms with van der Waals surface area (Å²) >= 11 is 0. The van der Waals surface area contributed by atoms with Gasteiger partial charge in [0.2, 0.25) is 11.8 Å². The monoisotopic (exact) mass is 407 g/mol. The van der Waals surface area contributed by atoms with Gasteiger partial charge in [-0.1, -0.05) is 30.3 Å². The number of carbonyl (C=O) groups excluding carboxylic acids is 4. The number of imide groups is 1. The molecule has 2 aromatic rings. The lowest BCUT2D eigenvalue weighted by molar-refractivity contribution is -0.297. The van der Waals surface area contributed by atoms with Gasteiger partial charge in [0, 0.05) is 12.6 Å². The van der Waals surface area contributed by atoms with E-state index >= 15 is 0 Å². The summed E-state index contributed by atoms with van der Waals surface area (Å²) in [6.45, 7) is 0.00648. The molecule has 0 spiro atoms. The molecule has 0 saturated carbocycles. The Labute approximate surface area is 173 Å². The zero-order valence-electron chi connectivity index (χ0n) is 16.2. The van der Waals surface area contributed by atoms with Crippen molar-refractivity contribution in [3.8, 4) is 5.75 Å². The number of para-hydroxylation sites is 1. The highest BCUT2D eigenvalue weighted by Gasteiger charge is 2.43. The highest BCUT2D eigenvalue weighted by atomic mass is 16.5. The molecule has 1 heterocycles. The van der Waals surface area contributed by atoms with Gasteiger partial charge in [0.1, 0.15) is 11.8 Å². The summed E-state index contributed by atoms with van der Waals surface area (Å²) in [5.74, 6) is -2.61. The summed E-state index contributed by atoms with van der Waals surface area (Å²) in [4.78, 5) is 51.2. The largest absolute Gasteiger partial charge is 0.545 e. The Bertz CT molecular complexity index is 984. The Balaban J connectivity index is 1.90. The minimum atomic E-state index is -1.53. The van der Waals surface area contributed by atoms with Gasteiger partial charge in [0.05, 0.1) is 25.2 Å². The second-order valence-corrected chi connectivity index (χ2v) is 6.59. The van der Waals surface area contributed by atoms with Gasteiger partial charge in [-0.25, -0.2) is 4.90 Å². The van der Waals surface area contributed by atoms with E-state index in [9.17, 15) is 24.3 Å². The standard InChI is InChI=1S/C22H20N2O6/c1-30-17-9-7-15(8-10-17)14-23(19(25)11-12-21(27)28)18-13-20(26)24(22(18)29)16-5-3-2-4-6-16/h2-12,18H,13-14H2,1H3,(H,27,28)/p-1/b12-11+/t18-/m0/s1. The van der Waals surface area contributed by atoms with Crippen molar-refractivity contribution >= 4 is 29.4 Å². The van der Waals surface area contributed by atoms with Gasteiger partial charge < -0.3 is 19.5 Å². The van der Waals surface area contributed by atoms with Gasteiger partial charge in [-0.05, 0) is 35.9 Å². The molecule has 8 heteroatoms. The molecule has 2 aromatic carbocycles. The first-order chi connectivity index (χ1) is 14.4. The van der Waals surface area contributed by atoms with E-state index in [0.717, 1.165) is 11.0 Å². The van der Waals surface area contributed by atoms with Crippen molar-refractivity contribution in [2.75, 3.05) is 12.0 Å². The molecule has 0 N–H and O–H groups in total. The number of methoxy groups -OCH3 is 1. The average Bonchev–Trinajstić information content (AvgIpc) is 3.05. The minimum Gasteiger partial charge on any atom is -0.545 e. The van der Waals surface area contributed by atoms with Crippen molar-refractivity contribution in [2.24, 2.45) is 0 Å². The number of nitrogens with zero attached hydrogens (tertiary/aromatic N) is 2. The average molecular weight is 407 g/mol. The Kier molecular flexibility index (Phi) is 6.26. The fourth-order valence-electron chi connectivity index (χ4n) is 3.21. The molecule has 1 saturated heterocycles. The Hall–Kier alpha value is -3.94. The molecule has 1 aliphatic heterocycles. The Morgan fingerprint density at radius 3 is 2.37 bits per heavy atom. The number of ether oxygens (including phenoxy) is 1. The molecule has 0 unspecified atom stereocenters. The van der Waals surface area contributed by atoms with Crippen LogP contribution in [0.4, 0.5) is 5.69 Å². The van der Waals surface area contributed by atoms with Crippen molar-refractivity contribution < 1.29 is 29.0 Å². The molecule has 3 rings (SSSR count). The van der Waals surface area contributed by atoms with Gasteiger partial charge >= 0.3 is 0 Å². The molecule has 1 aliphatic rings. The molecule has 3 amide bonds. The van der Waals surface area contributed by atoms with Crippen LogP contribution in [0.3, 0.4) is 0 Å². The molecular weight excluding hydrogens is 388 g/mol. The molecule has 1 atom stereocenters. The van der Waals surface area contributed by atoms with Crippen LogP contribution in [-0.2, 0) is 25.7 Å². The lowest BCUT2D eigenvalue weighted by atomic mass is 10.1. The maximum atomic E-state index is 13.0. The van der Waals surface area contributed by atoms with Crippen LogP contribution in [0.15, 0.2) is 66.7 Å². The number of carbonyl (C=O) groups is 4. The van der Waals surface area contributed by atoms with E-state index in [2.05, 4.69) is 0 Å². The van der Waals surface area contributed by atoms with Gasteiger partial charge in [-0.3, -0.25) is 14.4 Å². The lowest BCUT2D eigenvalue weighted by Crippen LogP contribution is -2.44. The fourth-order valence-corrected chi connectivity index (χ4v) is 3.21. The van der Waals surface area contributed by atoms with Gasteiger partial charge in [-0.2, -0.15) is 0 Å². The molecular formula is C22H19N2O6-. The van der Waals surface area contributed by atoms with Crippen LogP contribution in [0.1, 0.15) is 12.0 Å². The first kappa shape index (κ1) is 20.8. The van der Waals surface area contributed by atoms with E-state index in [1.165, 1.54) is 12.0 Å². The third-order valence-electron chi connectivity index (χ3n) is 4.67. The van der Waals surface area contributed by atoms with Crippen LogP contribution in [-0.4, -0.2) is 41.7 Å². The molecule has 0 aromatic heterocycles. The van der Waals surface area contributed by atoms with Crippen LogP contribution in [0.25, 0.3) is 0 Å². The zero-order valence-corrected chi connectivity index (χ0v) is 16.2. The molecule has 154 valence electrons. The van der Waals surface area contributed by atoms with E-state index < -0.39 is 29.7 Å². The SMILES string of the molecule is COc1ccc(CN(C(=O)/C=C/C(=O)[O-])[C@H]2CC(=O)N(c3ccccc3)C2=O)cc1. The zero-order chi connectivity index (χ0) is 21.7. The third-order valence-corrected chi connectivity index (χ3v) is 4.67. The predicted molar refractivity (Wildman–Crippen MR) is 105 cm³/mol. The number of carboxylic acids is 1. The molecule has 8 nitrogen and oxygen atoms in total. The Morgan fingerprint density at radius 2 is 1.77 bits per heavy atom. The Morgan fingerprint density at radius 1 is 1.10 bits per heavy atom. The molecule has 0 aliphatic carbocycles. The topological polar surface area (TPSA) is 107 Å². The van der Waals surface area contributed by atoms with Crippen LogP contribution in [0.2, 0.25) is 0 Å². The van der Waals surface area contributed by atoms with Crippen LogP contribution < -0.4 is 14.7 Å². The van der Waals surface area contributed by atoms with Crippen LogP contribution in [0.5, 0.6) is 5.75 Å². The van der Waals surface area contributed by atoms with E-state index in [-0.39, 0.29) is 13.0 Å². The second kappa shape index (κ2) is 9.04. The first-order valence-electron chi connectivity index (χ1n) is 9.15. The number of amides is 3. The maximum absolute atomic E-state index is 13.0. The number of aliphatic carboxylic acids is 1. The van der Waals surface area contributed by atoms with Gasteiger partial charge in [0.25, 0.3) is 5.91 Å². The number of benzene rings is 2. The number of hydrogen-bond donors (Lipinski definition) is 0.